The summed E-state index contributed by atoms with van der Waals surface area (Å²) in [5, 5.41) is -0.806. The molecule has 0 aliphatic rings. The lowest BCUT2D eigenvalue weighted by atomic mass is 10.3. The molecule has 0 radical (unpaired) electrons. The van der Waals surface area contributed by atoms with Gasteiger partial charge in [-0.3, -0.25) is 0 Å². The molecular weight excluding hydrogens is 165 g/mol. The first-order chi connectivity index (χ1) is 4.63. The molecule has 0 fully saturated rings. The number of hydrogen-bond donors (Lipinski definition) is 0. The predicted molar refractivity (Wildman–Crippen MR) is 31.3 cm³/mol. The van der Waals surface area contributed by atoms with E-state index in [1.54, 1.807) is 0 Å². The average Bonchev–Trinajstić information content (AvgIpc) is 1.93. The van der Waals surface area contributed by atoms with Crippen molar-refractivity contribution in [1.29, 1.82) is 0 Å². The molecule has 10 heavy (non-hydrogen) atoms. The van der Waals surface area contributed by atoms with Gasteiger partial charge in [0.2, 0.25) is 0 Å². The van der Waals surface area contributed by atoms with Crippen LogP contribution in [0.3, 0.4) is 0 Å². The van der Waals surface area contributed by atoms with Gasteiger partial charge in [0.1, 0.15) is 10.8 Å². The molecule has 1 rings (SSSR count). The van der Waals surface area contributed by atoms with Gasteiger partial charge in [-0.15, -0.1) is 0 Å². The van der Waals surface area contributed by atoms with Crippen LogP contribution in [-0.2, 0) is 0 Å². The van der Waals surface area contributed by atoms with Gasteiger partial charge in [0.15, 0.2) is 11.6 Å². The summed E-state index contributed by atoms with van der Waals surface area (Å²) >= 11 is 4.99. The van der Waals surface area contributed by atoms with Gasteiger partial charge in [0, 0.05) is 0 Å². The summed E-state index contributed by atoms with van der Waals surface area (Å²) in [6.07, 6.45) is 0. The van der Waals surface area contributed by atoms with Crippen molar-refractivity contribution in [3.63, 3.8) is 0 Å². The molecular formula is C6H2ClF3. The van der Waals surface area contributed by atoms with Crippen molar-refractivity contribution in [3.05, 3.63) is 34.6 Å². The number of halogens is 4. The minimum atomic E-state index is -1.35. The Bertz CT molecular complexity index is 232. The molecule has 0 aliphatic carbocycles. The van der Waals surface area contributed by atoms with Crippen molar-refractivity contribution in [2.45, 2.75) is 0 Å². The van der Waals surface area contributed by atoms with Crippen LogP contribution in [-0.4, -0.2) is 0 Å². The van der Waals surface area contributed by atoms with Crippen LogP contribution in [0.15, 0.2) is 12.1 Å². The van der Waals surface area contributed by atoms with Gasteiger partial charge in [-0.2, -0.15) is 0 Å². The lowest BCUT2D eigenvalue weighted by Gasteiger charge is -1.94. The molecule has 0 aromatic heterocycles. The molecule has 0 bridgehead atoms. The Labute approximate surface area is 60.2 Å². The zero-order valence-corrected chi connectivity index (χ0v) is 5.42. The van der Waals surface area contributed by atoms with Gasteiger partial charge in [0.25, 0.3) is 0 Å². The molecule has 0 saturated heterocycles. The van der Waals surface area contributed by atoms with E-state index in [9.17, 15) is 13.2 Å². The Balaban J connectivity index is 3.34. The smallest absolute Gasteiger partial charge is 0.180 e. The van der Waals surface area contributed by atoms with E-state index < -0.39 is 22.5 Å². The third-order valence-electron chi connectivity index (χ3n) is 0.988. The monoisotopic (exact) mass is 166 g/mol. The van der Waals surface area contributed by atoms with E-state index in [1.807, 2.05) is 0 Å². The summed E-state index contributed by atoms with van der Waals surface area (Å²) in [5.41, 5.74) is 0. The van der Waals surface area contributed by atoms with E-state index >= 15 is 0 Å². The zero-order chi connectivity index (χ0) is 7.72. The fraction of sp³-hybridized carbons (Fsp3) is 0. The van der Waals surface area contributed by atoms with Gasteiger partial charge in [-0.1, -0.05) is 11.6 Å². The Morgan fingerprint density at radius 2 is 1.50 bits per heavy atom. The van der Waals surface area contributed by atoms with Crippen molar-refractivity contribution < 1.29 is 13.2 Å². The quantitative estimate of drug-likeness (QED) is 0.411. The molecule has 0 amide bonds. The second-order valence-corrected chi connectivity index (χ2v) is 2.04. The van der Waals surface area contributed by atoms with Gasteiger partial charge in [-0.05, 0) is 12.1 Å². The molecule has 0 nitrogen and oxygen atoms in total. The maximum atomic E-state index is 12.2. The van der Waals surface area contributed by atoms with Crippen LogP contribution in [0.4, 0.5) is 13.2 Å². The van der Waals surface area contributed by atoms with Crippen LogP contribution in [0.5, 0.6) is 0 Å². The van der Waals surface area contributed by atoms with Crippen LogP contribution in [0.1, 0.15) is 0 Å². The molecule has 0 saturated carbocycles. The summed E-state index contributed by atoms with van der Waals surface area (Å²) in [7, 11) is 0. The molecule has 0 atom stereocenters. The average molecular weight is 167 g/mol. The van der Waals surface area contributed by atoms with Crippen LogP contribution in [0.2, 0.25) is 5.02 Å². The second kappa shape index (κ2) is 2.50. The summed E-state index contributed by atoms with van der Waals surface area (Å²) in [6, 6.07) is 1.44. The largest absolute Gasteiger partial charge is 0.205 e. The van der Waals surface area contributed by atoms with Crippen LogP contribution >= 0.6 is 11.6 Å². The Hall–Kier alpha value is -0.700. The summed E-state index contributed by atoms with van der Waals surface area (Å²) in [6.45, 7) is 0. The molecule has 4 heteroatoms. The normalized spacial score (nSPS) is 10.0. The highest BCUT2D eigenvalue weighted by atomic mass is 35.5. The van der Waals surface area contributed by atoms with Gasteiger partial charge in [-0.25, -0.2) is 13.2 Å². The minimum Gasteiger partial charge on any atom is -0.205 e. The maximum Gasteiger partial charge on any atom is 0.180 e. The predicted octanol–water partition coefficient (Wildman–Crippen LogP) is 2.76. The van der Waals surface area contributed by atoms with Crippen molar-refractivity contribution in [2.75, 3.05) is 0 Å². The number of benzene rings is 1. The van der Waals surface area contributed by atoms with Crippen molar-refractivity contribution in [1.82, 2.24) is 0 Å². The van der Waals surface area contributed by atoms with E-state index in [-0.39, 0.29) is 0 Å². The molecule has 1 aromatic carbocycles. The van der Waals surface area contributed by atoms with Crippen molar-refractivity contribution >= 4 is 11.6 Å². The highest BCUT2D eigenvalue weighted by Gasteiger charge is 2.09. The SMILES string of the molecule is Fc1ccc(F)c(Cl)c1F. The fourth-order valence-electron chi connectivity index (χ4n) is 0.502. The van der Waals surface area contributed by atoms with Gasteiger partial charge in [0.05, 0.1) is 0 Å². The van der Waals surface area contributed by atoms with Gasteiger partial charge >= 0.3 is 0 Å². The lowest BCUT2D eigenvalue weighted by Crippen LogP contribution is -1.87. The third-order valence-corrected chi connectivity index (χ3v) is 1.33. The fourth-order valence-corrected chi connectivity index (χ4v) is 0.656. The van der Waals surface area contributed by atoms with Crippen LogP contribution < -0.4 is 0 Å². The third kappa shape index (κ3) is 1.09. The zero-order valence-electron chi connectivity index (χ0n) is 4.67. The Kier molecular flexibility index (Phi) is 1.85. The van der Waals surface area contributed by atoms with E-state index in [0.717, 1.165) is 6.07 Å². The molecule has 0 heterocycles. The topological polar surface area (TPSA) is 0 Å². The van der Waals surface area contributed by atoms with Crippen LogP contribution in [0.25, 0.3) is 0 Å². The standard InChI is InChI=1S/C6H2ClF3/c7-5-3(8)1-2-4(9)6(5)10/h1-2H. The molecule has 0 N–H and O–H groups in total. The second-order valence-electron chi connectivity index (χ2n) is 1.66. The van der Waals surface area contributed by atoms with Gasteiger partial charge < -0.3 is 0 Å². The first kappa shape index (κ1) is 7.41. The lowest BCUT2D eigenvalue weighted by molar-refractivity contribution is 0.495. The first-order valence-electron chi connectivity index (χ1n) is 2.42. The van der Waals surface area contributed by atoms with E-state index in [1.165, 1.54) is 0 Å². The van der Waals surface area contributed by atoms with Crippen LogP contribution in [0, 0.1) is 17.5 Å². The Morgan fingerprint density at radius 3 is 2.00 bits per heavy atom. The van der Waals surface area contributed by atoms with E-state index in [4.69, 9.17) is 11.6 Å². The number of rotatable bonds is 0. The summed E-state index contributed by atoms with van der Waals surface area (Å²) in [5.74, 6) is -3.45. The molecule has 0 spiro atoms. The van der Waals surface area contributed by atoms with E-state index in [2.05, 4.69) is 0 Å². The molecule has 0 unspecified atom stereocenters. The maximum absolute atomic E-state index is 12.2. The minimum absolute atomic E-state index is 0.677. The molecule has 1 aromatic rings. The van der Waals surface area contributed by atoms with Crippen molar-refractivity contribution in [2.24, 2.45) is 0 Å². The van der Waals surface area contributed by atoms with E-state index in [0.29, 0.717) is 6.07 Å². The highest BCUT2D eigenvalue weighted by molar-refractivity contribution is 6.30. The molecule has 0 aliphatic heterocycles. The summed E-state index contributed by atoms with van der Waals surface area (Å²) < 4.78 is 36.6. The first-order valence-corrected chi connectivity index (χ1v) is 2.79. The summed E-state index contributed by atoms with van der Waals surface area (Å²) in [4.78, 5) is 0. The highest BCUT2D eigenvalue weighted by Crippen LogP contribution is 2.20. The Morgan fingerprint density at radius 1 is 1.00 bits per heavy atom. The van der Waals surface area contributed by atoms with Crippen molar-refractivity contribution in [3.8, 4) is 0 Å². The molecule has 54 valence electrons. The number of hydrogen-bond acceptors (Lipinski definition) is 0.